The molecule has 3 rings (SSSR count). The molecule has 4 nitrogen and oxygen atoms in total. The van der Waals surface area contributed by atoms with Gasteiger partial charge in [-0.15, -0.1) is 0 Å². The maximum atomic E-state index is 12.0. The summed E-state index contributed by atoms with van der Waals surface area (Å²) in [5.41, 5.74) is 2.19. The van der Waals surface area contributed by atoms with Crippen molar-refractivity contribution in [1.29, 1.82) is 0 Å². The molecular weight excluding hydrogens is 354 g/mol. The van der Waals surface area contributed by atoms with E-state index in [0.29, 0.717) is 0 Å². The van der Waals surface area contributed by atoms with Crippen molar-refractivity contribution in [1.82, 2.24) is 10.3 Å². The van der Waals surface area contributed by atoms with Crippen molar-refractivity contribution in [3.8, 4) is 0 Å². The molecule has 0 spiro atoms. The maximum absolute atomic E-state index is 12.0. The molecule has 1 aromatic heterocycles. The van der Waals surface area contributed by atoms with Gasteiger partial charge in [-0.25, -0.2) is 0 Å². The highest BCUT2D eigenvalue weighted by Gasteiger charge is 2.23. The molecule has 122 valence electrons. The summed E-state index contributed by atoms with van der Waals surface area (Å²) in [4.78, 5) is 18.8. The lowest BCUT2D eigenvalue weighted by Gasteiger charge is -2.35. The number of anilines is 1. The smallest absolute Gasteiger partial charge is 0.222 e. The fourth-order valence-electron chi connectivity index (χ4n) is 3.06. The van der Waals surface area contributed by atoms with Gasteiger partial charge in [0.2, 0.25) is 5.91 Å². The molecule has 5 heteroatoms. The van der Waals surface area contributed by atoms with Crippen LogP contribution in [-0.4, -0.2) is 30.0 Å². The summed E-state index contributed by atoms with van der Waals surface area (Å²) in [7, 11) is 0. The first-order valence-corrected chi connectivity index (χ1v) is 8.93. The Morgan fingerprint density at radius 3 is 3.00 bits per heavy atom. The fraction of sp³-hybridized carbons (Fsp3) is 0.444. The first kappa shape index (κ1) is 16.2. The van der Waals surface area contributed by atoms with E-state index in [1.165, 1.54) is 5.69 Å². The van der Waals surface area contributed by atoms with Crippen molar-refractivity contribution in [2.24, 2.45) is 5.92 Å². The van der Waals surface area contributed by atoms with Crippen molar-refractivity contribution in [3.63, 3.8) is 0 Å². The van der Waals surface area contributed by atoms with Crippen molar-refractivity contribution >= 4 is 38.4 Å². The van der Waals surface area contributed by atoms with Gasteiger partial charge in [-0.1, -0.05) is 29.8 Å². The Kier molecular flexibility index (Phi) is 4.85. The summed E-state index contributed by atoms with van der Waals surface area (Å²) in [5.74, 6) is 0.171. The first-order chi connectivity index (χ1) is 11.0. The lowest BCUT2D eigenvalue weighted by Crippen LogP contribution is -2.48. The number of halogens is 1. The summed E-state index contributed by atoms with van der Waals surface area (Å²) < 4.78 is 1.04. The quantitative estimate of drug-likeness (QED) is 0.888. The largest absolute Gasteiger partial charge is 0.369 e. The second kappa shape index (κ2) is 6.87. The van der Waals surface area contributed by atoms with Gasteiger partial charge >= 0.3 is 0 Å². The van der Waals surface area contributed by atoms with Gasteiger partial charge in [0.1, 0.15) is 0 Å². The van der Waals surface area contributed by atoms with E-state index in [1.807, 2.05) is 26.1 Å². The van der Waals surface area contributed by atoms with Gasteiger partial charge in [0.15, 0.2) is 0 Å². The second-order valence-electron chi connectivity index (χ2n) is 6.44. The molecule has 1 aromatic carbocycles. The van der Waals surface area contributed by atoms with Crippen LogP contribution < -0.4 is 10.2 Å². The molecule has 2 heterocycles. The molecule has 23 heavy (non-hydrogen) atoms. The normalized spacial score (nSPS) is 18.4. The summed E-state index contributed by atoms with van der Waals surface area (Å²) in [6.45, 7) is 5.74. The third kappa shape index (κ3) is 3.66. The van der Waals surface area contributed by atoms with Gasteiger partial charge in [-0.2, -0.15) is 0 Å². The highest BCUT2D eigenvalue weighted by atomic mass is 79.9. The average Bonchev–Trinajstić information content (AvgIpc) is 2.54. The van der Waals surface area contributed by atoms with Crippen LogP contribution in [0.25, 0.3) is 10.9 Å². The third-order valence-electron chi connectivity index (χ3n) is 4.31. The zero-order valence-electron chi connectivity index (χ0n) is 13.6. The maximum Gasteiger partial charge on any atom is 0.222 e. The van der Waals surface area contributed by atoms with Crippen LogP contribution >= 0.6 is 15.9 Å². The van der Waals surface area contributed by atoms with E-state index in [1.54, 1.807) is 0 Å². The highest BCUT2D eigenvalue weighted by Crippen LogP contribution is 2.29. The van der Waals surface area contributed by atoms with Crippen LogP contribution in [0, 0.1) is 5.92 Å². The zero-order chi connectivity index (χ0) is 16.4. The number of carbonyl (C=O) groups is 1. The molecule has 2 aromatic rings. The number of hydrogen-bond donors (Lipinski definition) is 1. The predicted octanol–water partition coefficient (Wildman–Crippen LogP) is 3.74. The standard InChI is InChI=1S/C18H22BrN3O/c1-12(2)18(23)21-14-4-3-9-22(11-14)17-7-8-20-16-10-13(19)5-6-15(16)17/h5-8,10,12,14H,3-4,9,11H2,1-2H3,(H,21,23). The second-order valence-corrected chi connectivity index (χ2v) is 7.36. The van der Waals surface area contributed by atoms with E-state index in [-0.39, 0.29) is 17.9 Å². The number of piperidine rings is 1. The minimum absolute atomic E-state index is 0.0319. The van der Waals surface area contributed by atoms with Crippen LogP contribution in [-0.2, 0) is 4.79 Å². The van der Waals surface area contributed by atoms with Crippen molar-refractivity contribution in [2.75, 3.05) is 18.0 Å². The molecule has 1 N–H and O–H groups in total. The molecule has 0 saturated carbocycles. The van der Waals surface area contributed by atoms with Crippen LogP contribution in [0.5, 0.6) is 0 Å². The number of nitrogens with zero attached hydrogens (tertiary/aromatic N) is 2. The van der Waals surface area contributed by atoms with E-state index in [2.05, 4.69) is 49.3 Å². The number of pyridine rings is 1. The molecule has 1 amide bonds. The summed E-state index contributed by atoms with van der Waals surface area (Å²) in [5, 5.41) is 4.33. The van der Waals surface area contributed by atoms with E-state index in [4.69, 9.17) is 0 Å². The highest BCUT2D eigenvalue weighted by molar-refractivity contribution is 9.10. The van der Waals surface area contributed by atoms with Gasteiger partial charge < -0.3 is 10.2 Å². The molecule has 0 aliphatic carbocycles. The van der Waals surface area contributed by atoms with E-state index in [0.717, 1.165) is 41.3 Å². The minimum atomic E-state index is 0.0319. The van der Waals surface area contributed by atoms with Gasteiger partial charge in [-0.3, -0.25) is 9.78 Å². The SMILES string of the molecule is CC(C)C(=O)NC1CCCN(c2ccnc3cc(Br)ccc23)C1. The molecule has 1 saturated heterocycles. The average molecular weight is 376 g/mol. The summed E-state index contributed by atoms with van der Waals surface area (Å²) >= 11 is 3.50. The summed E-state index contributed by atoms with van der Waals surface area (Å²) in [6.07, 6.45) is 3.99. The van der Waals surface area contributed by atoms with Crippen LogP contribution in [0.15, 0.2) is 34.9 Å². The Morgan fingerprint density at radius 1 is 1.39 bits per heavy atom. The predicted molar refractivity (Wildman–Crippen MR) is 97.7 cm³/mol. The lowest BCUT2D eigenvalue weighted by molar-refractivity contribution is -0.124. The van der Waals surface area contributed by atoms with Crippen molar-refractivity contribution in [3.05, 3.63) is 34.9 Å². The molecule has 1 unspecified atom stereocenters. The number of fused-ring (bicyclic) bond motifs is 1. The molecular formula is C18H22BrN3O. The Labute approximate surface area is 145 Å². The third-order valence-corrected chi connectivity index (χ3v) is 4.81. The van der Waals surface area contributed by atoms with E-state index >= 15 is 0 Å². The van der Waals surface area contributed by atoms with Crippen LogP contribution in [0.1, 0.15) is 26.7 Å². The topological polar surface area (TPSA) is 45.2 Å². The zero-order valence-corrected chi connectivity index (χ0v) is 15.1. The molecule has 1 atom stereocenters. The number of aromatic nitrogens is 1. The first-order valence-electron chi connectivity index (χ1n) is 8.14. The molecule has 0 radical (unpaired) electrons. The molecule has 1 fully saturated rings. The van der Waals surface area contributed by atoms with Crippen LogP contribution in [0.3, 0.4) is 0 Å². The fourth-order valence-corrected chi connectivity index (χ4v) is 3.41. The minimum Gasteiger partial charge on any atom is -0.369 e. The Hall–Kier alpha value is -1.62. The Bertz CT molecular complexity index is 716. The van der Waals surface area contributed by atoms with Crippen LogP contribution in [0.4, 0.5) is 5.69 Å². The molecule has 1 aliphatic rings. The van der Waals surface area contributed by atoms with Crippen molar-refractivity contribution in [2.45, 2.75) is 32.7 Å². The molecule has 1 aliphatic heterocycles. The van der Waals surface area contributed by atoms with E-state index < -0.39 is 0 Å². The Balaban J connectivity index is 1.83. The van der Waals surface area contributed by atoms with Gasteiger partial charge in [-0.05, 0) is 37.1 Å². The van der Waals surface area contributed by atoms with Crippen molar-refractivity contribution < 1.29 is 4.79 Å². The Morgan fingerprint density at radius 2 is 2.22 bits per heavy atom. The number of rotatable bonds is 3. The number of nitrogens with one attached hydrogen (secondary N) is 1. The number of hydrogen-bond acceptors (Lipinski definition) is 3. The van der Waals surface area contributed by atoms with Gasteiger partial charge in [0.25, 0.3) is 0 Å². The number of benzene rings is 1. The molecule has 0 bridgehead atoms. The van der Waals surface area contributed by atoms with Gasteiger partial charge in [0.05, 0.1) is 5.52 Å². The monoisotopic (exact) mass is 375 g/mol. The number of amides is 1. The van der Waals surface area contributed by atoms with E-state index in [9.17, 15) is 4.79 Å². The van der Waals surface area contributed by atoms with Gasteiger partial charge in [0, 0.05) is 46.8 Å². The summed E-state index contributed by atoms with van der Waals surface area (Å²) in [6, 6.07) is 8.49. The van der Waals surface area contributed by atoms with Crippen LogP contribution in [0.2, 0.25) is 0 Å². The lowest BCUT2D eigenvalue weighted by atomic mass is 10.0. The number of carbonyl (C=O) groups excluding carboxylic acids is 1.